The van der Waals surface area contributed by atoms with Gasteiger partial charge in [-0.3, -0.25) is 9.59 Å². The zero-order chi connectivity index (χ0) is 17.4. The second-order valence-corrected chi connectivity index (χ2v) is 7.91. The third kappa shape index (κ3) is 6.85. The third-order valence-electron chi connectivity index (χ3n) is 2.65. The molecule has 2 amide bonds. The number of nitrogens with one attached hydrogen (secondary N) is 1. The van der Waals surface area contributed by atoms with E-state index in [1.807, 2.05) is 0 Å². The zero-order valence-electron chi connectivity index (χ0n) is 12.5. The molecule has 0 saturated carbocycles. The molecule has 0 radical (unpaired) electrons. The SMILES string of the molecule is NC(=O)CSCCC(=O)Nc1nnc(SCc2ccc(F)cc2)s1. The number of halogens is 1. The molecule has 0 aliphatic rings. The van der Waals surface area contributed by atoms with Gasteiger partial charge < -0.3 is 11.1 Å². The van der Waals surface area contributed by atoms with Crippen molar-refractivity contribution in [2.75, 3.05) is 16.8 Å². The largest absolute Gasteiger partial charge is 0.369 e. The lowest BCUT2D eigenvalue weighted by molar-refractivity contribution is -0.116. The summed E-state index contributed by atoms with van der Waals surface area (Å²) in [7, 11) is 0. The minimum absolute atomic E-state index is 0.182. The summed E-state index contributed by atoms with van der Waals surface area (Å²) in [6.45, 7) is 0. The van der Waals surface area contributed by atoms with E-state index in [0.717, 1.165) is 9.90 Å². The number of aromatic nitrogens is 2. The van der Waals surface area contributed by atoms with E-state index in [0.29, 0.717) is 16.6 Å². The number of anilines is 1. The molecule has 2 rings (SSSR count). The Kier molecular flexibility index (Phi) is 7.47. The van der Waals surface area contributed by atoms with E-state index in [1.165, 1.54) is 47.0 Å². The molecular formula is C14H15FN4O2S3. The average Bonchev–Trinajstić information content (AvgIpc) is 2.98. The van der Waals surface area contributed by atoms with Gasteiger partial charge in [-0.1, -0.05) is 35.2 Å². The number of primary amides is 1. The lowest BCUT2D eigenvalue weighted by atomic mass is 10.2. The van der Waals surface area contributed by atoms with Gasteiger partial charge in [-0.25, -0.2) is 4.39 Å². The van der Waals surface area contributed by atoms with Gasteiger partial charge >= 0.3 is 0 Å². The fourth-order valence-electron chi connectivity index (χ4n) is 1.56. The second-order valence-electron chi connectivity index (χ2n) is 4.61. The van der Waals surface area contributed by atoms with Gasteiger partial charge in [0.25, 0.3) is 0 Å². The van der Waals surface area contributed by atoms with Crippen LogP contribution in [0.5, 0.6) is 0 Å². The van der Waals surface area contributed by atoms with E-state index in [9.17, 15) is 14.0 Å². The maximum absolute atomic E-state index is 12.8. The van der Waals surface area contributed by atoms with Gasteiger partial charge in [0.05, 0.1) is 5.75 Å². The van der Waals surface area contributed by atoms with Crippen molar-refractivity contribution >= 4 is 51.8 Å². The van der Waals surface area contributed by atoms with Gasteiger partial charge in [0.15, 0.2) is 4.34 Å². The standard InChI is InChI=1S/C14H15FN4O2S3/c15-10-3-1-9(2-4-10)7-23-14-19-18-13(24-14)17-12(21)5-6-22-8-11(16)20/h1-4H,5-8H2,(H2,16,20)(H,17,18,21). The summed E-state index contributed by atoms with van der Waals surface area (Å²) in [6, 6.07) is 6.27. The Morgan fingerprint density at radius 2 is 2.00 bits per heavy atom. The summed E-state index contributed by atoms with van der Waals surface area (Å²) in [5, 5.41) is 11.0. The lowest BCUT2D eigenvalue weighted by Crippen LogP contribution is -2.15. The Hall–Kier alpha value is -1.65. The number of hydrogen-bond donors (Lipinski definition) is 2. The highest BCUT2D eigenvalue weighted by Gasteiger charge is 2.09. The van der Waals surface area contributed by atoms with E-state index in [1.54, 1.807) is 12.1 Å². The van der Waals surface area contributed by atoms with Gasteiger partial charge in [-0.2, -0.15) is 11.8 Å². The first-order valence-corrected chi connectivity index (χ1v) is 9.85. The van der Waals surface area contributed by atoms with Gasteiger partial charge in [0.2, 0.25) is 16.9 Å². The van der Waals surface area contributed by atoms with Crippen molar-refractivity contribution in [3.63, 3.8) is 0 Å². The Morgan fingerprint density at radius 1 is 1.25 bits per heavy atom. The summed E-state index contributed by atoms with van der Waals surface area (Å²) in [4.78, 5) is 22.3. The molecule has 0 spiro atoms. The fraction of sp³-hybridized carbons (Fsp3) is 0.286. The predicted octanol–water partition coefficient (Wildman–Crippen LogP) is 2.52. The fourth-order valence-corrected chi connectivity index (χ4v) is 3.96. The number of carbonyl (C=O) groups is 2. The maximum atomic E-state index is 12.8. The monoisotopic (exact) mass is 386 g/mol. The number of thioether (sulfide) groups is 2. The molecule has 0 unspecified atom stereocenters. The molecule has 6 nitrogen and oxygen atoms in total. The minimum atomic E-state index is -0.396. The van der Waals surface area contributed by atoms with Crippen molar-refractivity contribution in [1.29, 1.82) is 0 Å². The third-order valence-corrected chi connectivity index (χ3v) is 5.67. The molecule has 1 heterocycles. The Labute approximate surface area is 150 Å². The predicted molar refractivity (Wildman–Crippen MR) is 95.6 cm³/mol. The van der Waals surface area contributed by atoms with Crippen molar-refractivity contribution in [3.05, 3.63) is 35.6 Å². The highest BCUT2D eigenvalue weighted by atomic mass is 32.2. The first-order chi connectivity index (χ1) is 11.5. The van der Waals surface area contributed by atoms with E-state index >= 15 is 0 Å². The van der Waals surface area contributed by atoms with Crippen LogP contribution in [0.4, 0.5) is 9.52 Å². The number of nitrogens with two attached hydrogens (primary N) is 1. The Bertz CT molecular complexity index is 694. The molecule has 0 atom stereocenters. The molecule has 3 N–H and O–H groups in total. The van der Waals surface area contributed by atoms with Crippen molar-refractivity contribution < 1.29 is 14.0 Å². The molecule has 0 fully saturated rings. The zero-order valence-corrected chi connectivity index (χ0v) is 15.0. The first kappa shape index (κ1) is 18.7. The van der Waals surface area contributed by atoms with E-state index in [4.69, 9.17) is 5.73 Å². The van der Waals surface area contributed by atoms with Gasteiger partial charge in [0.1, 0.15) is 5.82 Å². The molecule has 0 aliphatic carbocycles. The maximum Gasteiger partial charge on any atom is 0.227 e. The Morgan fingerprint density at radius 3 is 2.71 bits per heavy atom. The van der Waals surface area contributed by atoms with Crippen LogP contribution in [0.15, 0.2) is 28.6 Å². The van der Waals surface area contributed by atoms with Gasteiger partial charge in [-0.05, 0) is 17.7 Å². The molecule has 128 valence electrons. The summed E-state index contributed by atoms with van der Waals surface area (Å²) >= 11 is 4.06. The molecule has 0 saturated heterocycles. The number of carbonyl (C=O) groups excluding carboxylic acids is 2. The van der Waals surface area contributed by atoms with Crippen LogP contribution >= 0.6 is 34.9 Å². The Balaban J connectivity index is 1.73. The highest BCUT2D eigenvalue weighted by molar-refractivity contribution is 8.00. The van der Waals surface area contributed by atoms with E-state index in [2.05, 4.69) is 15.5 Å². The van der Waals surface area contributed by atoms with Crippen LogP contribution in [0, 0.1) is 5.82 Å². The van der Waals surface area contributed by atoms with Crippen LogP contribution in [0.3, 0.4) is 0 Å². The number of rotatable bonds is 9. The van der Waals surface area contributed by atoms with Crippen LogP contribution in [0.25, 0.3) is 0 Å². The van der Waals surface area contributed by atoms with Crippen molar-refractivity contribution in [2.24, 2.45) is 5.73 Å². The number of hydrogen-bond acceptors (Lipinski definition) is 7. The van der Waals surface area contributed by atoms with Gasteiger partial charge in [0, 0.05) is 17.9 Å². The average molecular weight is 386 g/mol. The smallest absolute Gasteiger partial charge is 0.227 e. The molecular weight excluding hydrogens is 371 g/mol. The molecule has 10 heteroatoms. The molecule has 2 aromatic rings. The summed E-state index contributed by atoms with van der Waals surface area (Å²) in [5.41, 5.74) is 6.00. The van der Waals surface area contributed by atoms with Crippen LogP contribution in [0.2, 0.25) is 0 Å². The van der Waals surface area contributed by atoms with Crippen LogP contribution < -0.4 is 11.1 Å². The highest BCUT2D eigenvalue weighted by Crippen LogP contribution is 2.28. The normalized spacial score (nSPS) is 10.5. The van der Waals surface area contributed by atoms with Crippen LogP contribution in [-0.2, 0) is 15.3 Å². The summed E-state index contributed by atoms with van der Waals surface area (Å²) in [5.74, 6) is 0.520. The van der Waals surface area contributed by atoms with E-state index in [-0.39, 0.29) is 23.9 Å². The second kappa shape index (κ2) is 9.60. The molecule has 24 heavy (non-hydrogen) atoms. The molecule has 0 bridgehead atoms. The van der Waals surface area contributed by atoms with Crippen LogP contribution in [-0.4, -0.2) is 33.5 Å². The number of nitrogens with zero attached hydrogens (tertiary/aromatic N) is 2. The van der Waals surface area contributed by atoms with Crippen molar-refractivity contribution in [1.82, 2.24) is 10.2 Å². The topological polar surface area (TPSA) is 98.0 Å². The molecule has 0 aliphatic heterocycles. The van der Waals surface area contributed by atoms with E-state index < -0.39 is 5.91 Å². The molecule has 1 aromatic carbocycles. The molecule has 1 aromatic heterocycles. The van der Waals surface area contributed by atoms with Crippen molar-refractivity contribution in [2.45, 2.75) is 16.5 Å². The first-order valence-electron chi connectivity index (χ1n) is 6.89. The van der Waals surface area contributed by atoms with Crippen LogP contribution in [0.1, 0.15) is 12.0 Å². The van der Waals surface area contributed by atoms with Gasteiger partial charge in [-0.15, -0.1) is 10.2 Å². The van der Waals surface area contributed by atoms with Crippen molar-refractivity contribution in [3.8, 4) is 0 Å². The summed E-state index contributed by atoms with van der Waals surface area (Å²) in [6.07, 6.45) is 0.273. The quantitative estimate of drug-likeness (QED) is 0.390. The lowest BCUT2D eigenvalue weighted by Gasteiger charge is -2.00. The number of amides is 2. The summed E-state index contributed by atoms with van der Waals surface area (Å²) < 4.78 is 13.6. The minimum Gasteiger partial charge on any atom is -0.369 e. The number of benzene rings is 1.